The van der Waals surface area contributed by atoms with E-state index in [1.54, 1.807) is 0 Å². The van der Waals surface area contributed by atoms with Crippen LogP contribution in [0.25, 0.3) is 11.0 Å². The summed E-state index contributed by atoms with van der Waals surface area (Å²) < 4.78 is 15.2. The van der Waals surface area contributed by atoms with Gasteiger partial charge in [0.15, 0.2) is 0 Å². The van der Waals surface area contributed by atoms with Crippen LogP contribution in [0.5, 0.6) is 0 Å². The molecule has 6 rings (SSSR count). The van der Waals surface area contributed by atoms with Gasteiger partial charge in [-0.1, -0.05) is 6.07 Å². The first-order chi connectivity index (χ1) is 17.4. The number of pyridine rings is 1. The average Bonchev–Trinajstić information content (AvgIpc) is 3.39. The molecular formula is C27H28FN5O3. The second kappa shape index (κ2) is 8.81. The first-order valence-corrected chi connectivity index (χ1v) is 12.5. The van der Waals surface area contributed by atoms with E-state index in [0.717, 1.165) is 54.6 Å². The summed E-state index contributed by atoms with van der Waals surface area (Å²) in [6.07, 6.45) is 6.04. The molecule has 8 nitrogen and oxygen atoms in total. The molecule has 3 aliphatic heterocycles. The largest absolute Gasteiger partial charge is 0.346 e. The van der Waals surface area contributed by atoms with Crippen LogP contribution in [0.3, 0.4) is 0 Å². The smallest absolute Gasteiger partial charge is 0.255 e. The zero-order chi connectivity index (χ0) is 25.0. The fourth-order valence-corrected chi connectivity index (χ4v) is 5.86. The van der Waals surface area contributed by atoms with Crippen molar-refractivity contribution in [2.24, 2.45) is 0 Å². The van der Waals surface area contributed by atoms with Crippen LogP contribution in [0.1, 0.15) is 64.2 Å². The quantitative estimate of drug-likeness (QED) is 0.549. The molecule has 0 spiro atoms. The fraction of sp³-hybridized carbons (Fsp3) is 0.407. The Bertz CT molecular complexity index is 1390. The lowest BCUT2D eigenvalue weighted by atomic mass is 9.87. The van der Waals surface area contributed by atoms with E-state index >= 15 is 4.39 Å². The lowest BCUT2D eigenvalue weighted by Crippen LogP contribution is -2.52. The van der Waals surface area contributed by atoms with Crippen molar-refractivity contribution in [1.82, 2.24) is 25.1 Å². The van der Waals surface area contributed by atoms with Crippen LogP contribution in [0.4, 0.5) is 4.39 Å². The van der Waals surface area contributed by atoms with E-state index in [2.05, 4.69) is 26.3 Å². The predicted molar refractivity (Wildman–Crippen MR) is 131 cm³/mol. The van der Waals surface area contributed by atoms with E-state index in [4.69, 9.17) is 0 Å². The number of aromatic amines is 1. The van der Waals surface area contributed by atoms with Crippen molar-refractivity contribution in [3.05, 3.63) is 64.2 Å². The van der Waals surface area contributed by atoms with Gasteiger partial charge in [0, 0.05) is 42.9 Å². The van der Waals surface area contributed by atoms with Crippen LogP contribution in [-0.4, -0.2) is 56.6 Å². The van der Waals surface area contributed by atoms with E-state index in [1.807, 2.05) is 25.4 Å². The summed E-state index contributed by atoms with van der Waals surface area (Å²) >= 11 is 0. The molecule has 2 aromatic heterocycles. The van der Waals surface area contributed by atoms with Crippen LogP contribution in [0, 0.1) is 12.7 Å². The number of nitrogens with one attached hydrogen (secondary N) is 2. The summed E-state index contributed by atoms with van der Waals surface area (Å²) in [5, 5.41) is 3.45. The molecule has 3 aromatic rings. The van der Waals surface area contributed by atoms with Crippen molar-refractivity contribution in [3.8, 4) is 0 Å². The van der Waals surface area contributed by atoms with Gasteiger partial charge in [0.05, 0.1) is 0 Å². The number of benzene rings is 1. The third-order valence-electron chi connectivity index (χ3n) is 7.82. The van der Waals surface area contributed by atoms with Crippen molar-refractivity contribution in [3.63, 3.8) is 0 Å². The van der Waals surface area contributed by atoms with E-state index in [1.165, 1.54) is 16.5 Å². The molecule has 2 N–H and O–H groups in total. The zero-order valence-corrected chi connectivity index (χ0v) is 20.1. The zero-order valence-electron chi connectivity index (χ0n) is 20.1. The highest BCUT2D eigenvalue weighted by molar-refractivity contribution is 6.05. The number of H-pyrrole nitrogens is 1. The molecule has 0 aliphatic carbocycles. The van der Waals surface area contributed by atoms with Gasteiger partial charge in [-0.3, -0.25) is 24.6 Å². The number of piperidine rings is 2. The van der Waals surface area contributed by atoms with Crippen molar-refractivity contribution in [2.75, 3.05) is 13.1 Å². The van der Waals surface area contributed by atoms with E-state index < -0.39 is 11.9 Å². The second-order valence-electron chi connectivity index (χ2n) is 10.2. The Kier molecular flexibility index (Phi) is 5.59. The minimum Gasteiger partial charge on any atom is -0.346 e. The summed E-state index contributed by atoms with van der Waals surface area (Å²) in [5.41, 5.74) is 4.97. The lowest BCUT2D eigenvalue weighted by Gasteiger charge is -2.32. The number of aromatic nitrogens is 2. The van der Waals surface area contributed by atoms with Crippen LogP contribution in [-0.2, 0) is 22.7 Å². The first-order valence-electron chi connectivity index (χ1n) is 12.5. The summed E-state index contributed by atoms with van der Waals surface area (Å²) in [5.74, 6) is -1.40. The highest BCUT2D eigenvalue weighted by Gasteiger charge is 2.40. The normalized spacial score (nSPS) is 21.3. The van der Waals surface area contributed by atoms with E-state index in [9.17, 15) is 14.4 Å². The standard InChI is InChI=1S/C27H28FN5O3/c1-15-8-20-18(12-30-25(20)29-11-15)13-32-6-4-16(5-7-32)19-9-17-14-33(27(36)21(17)10-22(19)28)23-2-3-24(34)31-26(23)35/h8-12,16,23H,2-7,13-14H2,1H3,(H,29,30)(H,31,34,35). The first kappa shape index (κ1) is 22.8. The minimum absolute atomic E-state index is 0.0817. The van der Waals surface area contributed by atoms with Crippen molar-refractivity contribution < 1.29 is 18.8 Å². The third kappa shape index (κ3) is 3.97. The molecular weight excluding hydrogens is 461 g/mol. The van der Waals surface area contributed by atoms with Gasteiger partial charge in [0.1, 0.15) is 17.5 Å². The van der Waals surface area contributed by atoms with Crippen molar-refractivity contribution in [2.45, 2.75) is 57.7 Å². The number of hydrogen-bond acceptors (Lipinski definition) is 5. The fourth-order valence-electron chi connectivity index (χ4n) is 5.86. The number of aryl methyl sites for hydroxylation is 1. The molecule has 2 saturated heterocycles. The molecule has 36 heavy (non-hydrogen) atoms. The Morgan fingerprint density at radius 2 is 1.92 bits per heavy atom. The number of likely N-dealkylation sites (tertiary alicyclic amines) is 1. The van der Waals surface area contributed by atoms with Gasteiger partial charge in [-0.15, -0.1) is 0 Å². The molecule has 0 saturated carbocycles. The summed E-state index contributed by atoms with van der Waals surface area (Å²) in [4.78, 5) is 48.3. The van der Waals surface area contributed by atoms with Gasteiger partial charge < -0.3 is 9.88 Å². The summed E-state index contributed by atoms with van der Waals surface area (Å²) in [7, 11) is 0. The Morgan fingerprint density at radius 1 is 1.11 bits per heavy atom. The molecule has 1 aromatic carbocycles. The SMILES string of the molecule is Cc1cnc2[nH]cc(CN3CCC(c4cc5c(cc4F)C(=O)N(C4CCC(=O)NC4=O)C5)CC3)c2c1. The molecule has 0 radical (unpaired) electrons. The summed E-state index contributed by atoms with van der Waals surface area (Å²) in [6.45, 7) is 4.83. The predicted octanol–water partition coefficient (Wildman–Crippen LogP) is 3.15. The van der Waals surface area contributed by atoms with Gasteiger partial charge in [-0.05, 0) is 79.6 Å². The number of hydrogen-bond donors (Lipinski definition) is 2. The van der Waals surface area contributed by atoms with Crippen LogP contribution in [0.15, 0.2) is 30.6 Å². The van der Waals surface area contributed by atoms with Crippen molar-refractivity contribution in [1.29, 1.82) is 0 Å². The molecule has 2 fully saturated rings. The van der Waals surface area contributed by atoms with Gasteiger partial charge in [0.2, 0.25) is 11.8 Å². The number of amides is 3. The Morgan fingerprint density at radius 3 is 2.69 bits per heavy atom. The number of imide groups is 1. The molecule has 5 heterocycles. The number of fused-ring (bicyclic) bond motifs is 2. The molecule has 3 amide bonds. The number of halogens is 1. The number of carbonyl (C=O) groups excluding carboxylic acids is 3. The number of rotatable bonds is 4. The van der Waals surface area contributed by atoms with E-state index in [0.29, 0.717) is 17.5 Å². The topological polar surface area (TPSA) is 98.4 Å². The maximum Gasteiger partial charge on any atom is 0.255 e. The van der Waals surface area contributed by atoms with Crippen LogP contribution >= 0.6 is 0 Å². The van der Waals surface area contributed by atoms with Gasteiger partial charge in [0.25, 0.3) is 5.91 Å². The molecule has 1 unspecified atom stereocenters. The number of carbonyl (C=O) groups is 3. The van der Waals surface area contributed by atoms with Crippen LogP contribution in [0.2, 0.25) is 0 Å². The molecule has 1 atom stereocenters. The highest BCUT2D eigenvalue weighted by Crippen LogP contribution is 2.36. The molecule has 186 valence electrons. The van der Waals surface area contributed by atoms with E-state index in [-0.39, 0.29) is 36.5 Å². The maximum absolute atomic E-state index is 15.2. The number of nitrogens with zero attached hydrogens (tertiary/aromatic N) is 3. The maximum atomic E-state index is 15.2. The second-order valence-corrected chi connectivity index (χ2v) is 10.2. The highest BCUT2D eigenvalue weighted by atomic mass is 19.1. The monoisotopic (exact) mass is 489 g/mol. The van der Waals surface area contributed by atoms with Crippen LogP contribution < -0.4 is 5.32 Å². The summed E-state index contributed by atoms with van der Waals surface area (Å²) in [6, 6.07) is 4.62. The Labute approximate surface area is 207 Å². The van der Waals surface area contributed by atoms with Gasteiger partial charge in [-0.2, -0.15) is 0 Å². The van der Waals surface area contributed by atoms with Gasteiger partial charge in [-0.25, -0.2) is 9.37 Å². The molecule has 3 aliphatic rings. The van der Waals surface area contributed by atoms with Crippen molar-refractivity contribution >= 4 is 28.8 Å². The average molecular weight is 490 g/mol. The third-order valence-corrected chi connectivity index (χ3v) is 7.82. The Hall–Kier alpha value is -3.59. The Balaban J connectivity index is 1.14. The van der Waals surface area contributed by atoms with Gasteiger partial charge >= 0.3 is 0 Å². The lowest BCUT2D eigenvalue weighted by molar-refractivity contribution is -0.136. The minimum atomic E-state index is -0.694. The molecule has 9 heteroatoms. The molecule has 0 bridgehead atoms.